The van der Waals surface area contributed by atoms with Crippen LogP contribution in [0.2, 0.25) is 0 Å². The molecule has 2 fully saturated rings. The first-order valence-corrected chi connectivity index (χ1v) is 7.86. The summed E-state index contributed by atoms with van der Waals surface area (Å²) in [6.45, 7) is 5.77. The lowest BCUT2D eigenvalue weighted by atomic mass is 9.88. The number of piperidine rings is 1. The van der Waals surface area contributed by atoms with E-state index in [1.807, 2.05) is 44.0 Å². The SMILES string of the molecule is CC(C)(C)OC(=O)N1[C@@H]2CC[C@H]1CC(c1ccccn1)C2. The Balaban J connectivity index is 1.71. The van der Waals surface area contributed by atoms with Crippen LogP contribution < -0.4 is 0 Å². The highest BCUT2D eigenvalue weighted by Crippen LogP contribution is 2.43. The molecule has 3 atom stereocenters. The molecule has 0 aliphatic carbocycles. The molecule has 1 aromatic rings. The van der Waals surface area contributed by atoms with E-state index in [0.717, 1.165) is 25.7 Å². The summed E-state index contributed by atoms with van der Waals surface area (Å²) in [5.41, 5.74) is 0.743. The number of hydrogen-bond donors (Lipinski definition) is 0. The molecule has 1 aromatic heterocycles. The van der Waals surface area contributed by atoms with E-state index in [1.54, 1.807) is 0 Å². The Morgan fingerprint density at radius 2 is 1.90 bits per heavy atom. The van der Waals surface area contributed by atoms with Crippen molar-refractivity contribution >= 4 is 6.09 Å². The summed E-state index contributed by atoms with van der Waals surface area (Å²) < 4.78 is 5.57. The number of amides is 1. The van der Waals surface area contributed by atoms with Crippen LogP contribution in [-0.4, -0.2) is 33.7 Å². The number of pyridine rings is 1. The molecular weight excluding hydrogens is 264 g/mol. The summed E-state index contributed by atoms with van der Waals surface area (Å²) in [7, 11) is 0. The van der Waals surface area contributed by atoms with Gasteiger partial charge in [-0.05, 0) is 58.6 Å². The lowest BCUT2D eigenvalue weighted by Gasteiger charge is -2.39. The maximum absolute atomic E-state index is 12.4. The number of aromatic nitrogens is 1. The van der Waals surface area contributed by atoms with E-state index >= 15 is 0 Å². The quantitative estimate of drug-likeness (QED) is 0.791. The number of hydrogen-bond acceptors (Lipinski definition) is 3. The van der Waals surface area contributed by atoms with Gasteiger partial charge in [0.1, 0.15) is 5.60 Å². The van der Waals surface area contributed by atoms with Gasteiger partial charge in [0.05, 0.1) is 0 Å². The smallest absolute Gasteiger partial charge is 0.410 e. The molecule has 1 unspecified atom stereocenters. The molecule has 0 aromatic carbocycles. The van der Waals surface area contributed by atoms with Crippen LogP contribution in [0.4, 0.5) is 4.79 Å². The Hall–Kier alpha value is -1.58. The highest BCUT2D eigenvalue weighted by molar-refractivity contribution is 5.69. The summed E-state index contributed by atoms with van der Waals surface area (Å²) in [6.07, 6.45) is 5.91. The van der Waals surface area contributed by atoms with E-state index in [0.29, 0.717) is 18.0 Å². The molecule has 0 spiro atoms. The second kappa shape index (κ2) is 5.32. The van der Waals surface area contributed by atoms with Crippen molar-refractivity contribution in [3.05, 3.63) is 30.1 Å². The molecule has 4 nitrogen and oxygen atoms in total. The molecular formula is C17H24N2O2. The molecule has 2 bridgehead atoms. The highest BCUT2D eigenvalue weighted by Gasteiger charge is 2.45. The van der Waals surface area contributed by atoms with Crippen molar-refractivity contribution in [3.8, 4) is 0 Å². The molecule has 114 valence electrons. The molecule has 2 aliphatic rings. The lowest BCUT2D eigenvalue weighted by molar-refractivity contribution is 0.00570. The topological polar surface area (TPSA) is 42.4 Å². The molecule has 3 heterocycles. The Morgan fingerprint density at radius 1 is 1.24 bits per heavy atom. The molecule has 1 amide bonds. The second-order valence-corrected chi connectivity index (χ2v) is 7.20. The van der Waals surface area contributed by atoms with Gasteiger partial charge in [-0.1, -0.05) is 6.07 Å². The van der Waals surface area contributed by atoms with Crippen molar-refractivity contribution in [1.82, 2.24) is 9.88 Å². The Bertz CT molecular complexity index is 495. The first kappa shape index (κ1) is 14.4. The van der Waals surface area contributed by atoms with Crippen molar-refractivity contribution in [2.75, 3.05) is 0 Å². The van der Waals surface area contributed by atoms with Gasteiger partial charge in [-0.3, -0.25) is 4.98 Å². The molecule has 0 N–H and O–H groups in total. The Morgan fingerprint density at radius 3 is 2.43 bits per heavy atom. The van der Waals surface area contributed by atoms with E-state index in [2.05, 4.69) is 11.1 Å². The standard InChI is InChI=1S/C17H24N2O2/c1-17(2,3)21-16(20)19-13-7-8-14(19)11-12(10-13)15-6-4-5-9-18-15/h4-6,9,12-14H,7-8,10-11H2,1-3H3/t12?,13-,14+. The van der Waals surface area contributed by atoms with Gasteiger partial charge in [-0.15, -0.1) is 0 Å². The summed E-state index contributed by atoms with van der Waals surface area (Å²) in [5, 5.41) is 0. The highest BCUT2D eigenvalue weighted by atomic mass is 16.6. The van der Waals surface area contributed by atoms with Gasteiger partial charge in [0.15, 0.2) is 0 Å². The van der Waals surface area contributed by atoms with E-state index in [-0.39, 0.29) is 6.09 Å². The number of carbonyl (C=O) groups excluding carboxylic acids is 1. The second-order valence-electron chi connectivity index (χ2n) is 7.20. The van der Waals surface area contributed by atoms with Gasteiger partial charge < -0.3 is 9.64 Å². The number of fused-ring (bicyclic) bond motifs is 2. The normalized spacial score (nSPS) is 28.5. The maximum Gasteiger partial charge on any atom is 0.410 e. The predicted molar refractivity (Wildman–Crippen MR) is 81.1 cm³/mol. The van der Waals surface area contributed by atoms with Gasteiger partial charge in [0.2, 0.25) is 0 Å². The fourth-order valence-electron chi connectivity index (χ4n) is 3.65. The zero-order valence-electron chi connectivity index (χ0n) is 13.1. The van der Waals surface area contributed by atoms with Crippen molar-refractivity contribution in [2.24, 2.45) is 0 Å². The zero-order valence-corrected chi connectivity index (χ0v) is 13.1. The third kappa shape index (κ3) is 3.04. The van der Waals surface area contributed by atoms with Gasteiger partial charge in [-0.25, -0.2) is 4.79 Å². The van der Waals surface area contributed by atoms with Crippen LogP contribution in [0.3, 0.4) is 0 Å². The van der Waals surface area contributed by atoms with Gasteiger partial charge >= 0.3 is 6.09 Å². The third-order valence-electron chi connectivity index (χ3n) is 4.44. The molecule has 0 saturated carbocycles. The number of carbonyl (C=O) groups is 1. The fourth-order valence-corrected chi connectivity index (χ4v) is 3.65. The Labute approximate surface area is 126 Å². The van der Waals surface area contributed by atoms with Gasteiger partial charge in [0.25, 0.3) is 0 Å². The van der Waals surface area contributed by atoms with Crippen LogP contribution in [0.5, 0.6) is 0 Å². The number of ether oxygens (including phenoxy) is 1. The largest absolute Gasteiger partial charge is 0.444 e. The molecule has 0 radical (unpaired) electrons. The molecule has 4 heteroatoms. The van der Waals surface area contributed by atoms with Crippen LogP contribution in [0.1, 0.15) is 58.1 Å². The summed E-state index contributed by atoms with van der Waals surface area (Å²) in [6, 6.07) is 6.72. The van der Waals surface area contributed by atoms with Crippen molar-refractivity contribution in [3.63, 3.8) is 0 Å². The molecule has 2 saturated heterocycles. The average Bonchev–Trinajstić information content (AvgIpc) is 2.69. The average molecular weight is 288 g/mol. The van der Waals surface area contributed by atoms with Crippen LogP contribution in [-0.2, 0) is 4.74 Å². The third-order valence-corrected chi connectivity index (χ3v) is 4.44. The van der Waals surface area contributed by atoms with E-state index in [4.69, 9.17) is 4.74 Å². The van der Waals surface area contributed by atoms with E-state index < -0.39 is 5.60 Å². The zero-order chi connectivity index (χ0) is 15.0. The van der Waals surface area contributed by atoms with Gasteiger partial charge in [-0.2, -0.15) is 0 Å². The predicted octanol–water partition coefficient (Wildman–Crippen LogP) is 3.73. The minimum atomic E-state index is -0.422. The van der Waals surface area contributed by atoms with Crippen LogP contribution >= 0.6 is 0 Å². The first-order chi connectivity index (χ1) is 9.94. The number of rotatable bonds is 1. The maximum atomic E-state index is 12.4. The molecule has 21 heavy (non-hydrogen) atoms. The van der Waals surface area contributed by atoms with Crippen molar-refractivity contribution in [2.45, 2.75) is 70.1 Å². The fraction of sp³-hybridized carbons (Fsp3) is 0.647. The van der Waals surface area contributed by atoms with Crippen LogP contribution in [0, 0.1) is 0 Å². The van der Waals surface area contributed by atoms with Crippen molar-refractivity contribution in [1.29, 1.82) is 0 Å². The monoisotopic (exact) mass is 288 g/mol. The molecule has 3 rings (SSSR count). The van der Waals surface area contributed by atoms with Crippen LogP contribution in [0.15, 0.2) is 24.4 Å². The number of nitrogens with zero attached hydrogens (tertiary/aromatic N) is 2. The summed E-state index contributed by atoms with van der Waals surface area (Å²) in [4.78, 5) is 18.9. The van der Waals surface area contributed by atoms with Crippen molar-refractivity contribution < 1.29 is 9.53 Å². The lowest BCUT2D eigenvalue weighted by Crippen LogP contribution is -2.48. The van der Waals surface area contributed by atoms with E-state index in [1.165, 1.54) is 5.69 Å². The molecule has 2 aliphatic heterocycles. The summed E-state index contributed by atoms with van der Waals surface area (Å²) in [5.74, 6) is 0.474. The van der Waals surface area contributed by atoms with Crippen LogP contribution in [0.25, 0.3) is 0 Å². The minimum Gasteiger partial charge on any atom is -0.444 e. The first-order valence-electron chi connectivity index (χ1n) is 7.86. The summed E-state index contributed by atoms with van der Waals surface area (Å²) >= 11 is 0. The minimum absolute atomic E-state index is 0.144. The Kier molecular flexibility index (Phi) is 3.64. The van der Waals surface area contributed by atoms with E-state index in [9.17, 15) is 4.79 Å². The van der Waals surface area contributed by atoms with Gasteiger partial charge in [0, 0.05) is 29.9 Å².